The molecule has 4 aromatic carbocycles. The summed E-state index contributed by atoms with van der Waals surface area (Å²) in [6.45, 7) is 7.66. The van der Waals surface area contributed by atoms with E-state index in [-0.39, 0.29) is 58.6 Å². The molecule has 1 saturated carbocycles. The summed E-state index contributed by atoms with van der Waals surface area (Å²) >= 11 is 0. The van der Waals surface area contributed by atoms with Crippen LogP contribution in [0.3, 0.4) is 0 Å². The first-order chi connectivity index (χ1) is 23.1. The van der Waals surface area contributed by atoms with Crippen molar-refractivity contribution in [3.63, 3.8) is 0 Å². The van der Waals surface area contributed by atoms with Crippen molar-refractivity contribution in [2.24, 2.45) is 0 Å². The van der Waals surface area contributed by atoms with Gasteiger partial charge in [0.05, 0.1) is 22.7 Å². The van der Waals surface area contributed by atoms with Gasteiger partial charge in [0, 0.05) is 52.7 Å². The summed E-state index contributed by atoms with van der Waals surface area (Å²) < 4.78 is 0. The highest BCUT2D eigenvalue weighted by molar-refractivity contribution is 6.41. The number of ketones is 2. The van der Waals surface area contributed by atoms with Crippen molar-refractivity contribution in [3.05, 3.63) is 148 Å². The minimum atomic E-state index is -1.15. The van der Waals surface area contributed by atoms with Gasteiger partial charge < -0.3 is 20.2 Å². The number of hydrogen-bond donors (Lipinski definition) is 3. The molecular formula is C41H33NO6. The topological polar surface area (TPSA) is 115 Å². The summed E-state index contributed by atoms with van der Waals surface area (Å²) in [6.07, 6.45) is 5.23. The van der Waals surface area contributed by atoms with Gasteiger partial charge in [0.1, 0.15) is 0 Å². The highest BCUT2D eigenvalue weighted by Gasteiger charge is 2.46. The Kier molecular flexibility index (Phi) is 6.60. The number of fused-ring (bicyclic) bond motifs is 7. The van der Waals surface area contributed by atoms with Gasteiger partial charge in [-0.15, -0.1) is 0 Å². The summed E-state index contributed by atoms with van der Waals surface area (Å²) in [4.78, 5) is 40.4. The summed E-state index contributed by atoms with van der Waals surface area (Å²) in [7, 11) is 0. The van der Waals surface area contributed by atoms with Crippen LogP contribution >= 0.6 is 0 Å². The molecular weight excluding hydrogens is 602 g/mol. The van der Waals surface area contributed by atoms with E-state index in [1.54, 1.807) is 6.08 Å². The Labute approximate surface area is 277 Å². The molecule has 0 saturated heterocycles. The molecule has 0 bridgehead atoms. The van der Waals surface area contributed by atoms with Crippen LogP contribution in [0.15, 0.2) is 109 Å². The molecule has 7 nitrogen and oxygen atoms in total. The van der Waals surface area contributed by atoms with Crippen molar-refractivity contribution >= 4 is 35.0 Å². The maximum Gasteiger partial charge on any atom is 0.335 e. The second-order valence-corrected chi connectivity index (χ2v) is 13.4. The van der Waals surface area contributed by atoms with Crippen LogP contribution in [0.1, 0.15) is 91.3 Å². The first-order valence-electron chi connectivity index (χ1n) is 16.2. The number of carboxylic acid groups (broad SMARTS) is 1. The molecule has 238 valence electrons. The zero-order valence-electron chi connectivity index (χ0n) is 26.2. The fraction of sp³-hybridized carbons (Fsp3) is 0.195. The highest BCUT2D eigenvalue weighted by atomic mass is 16.4. The lowest BCUT2D eigenvalue weighted by molar-refractivity contribution is 0.0696. The number of carboxylic acids is 1. The predicted molar refractivity (Wildman–Crippen MR) is 184 cm³/mol. The van der Waals surface area contributed by atoms with E-state index in [2.05, 4.69) is 60.5 Å². The molecule has 3 aliphatic carbocycles. The van der Waals surface area contributed by atoms with Gasteiger partial charge in [-0.05, 0) is 94.8 Å². The average Bonchev–Trinajstić information content (AvgIpc) is 3.77. The molecule has 48 heavy (non-hydrogen) atoms. The second kappa shape index (κ2) is 10.7. The van der Waals surface area contributed by atoms with E-state index in [4.69, 9.17) is 0 Å². The lowest BCUT2D eigenvalue weighted by Gasteiger charge is -2.33. The smallest absolute Gasteiger partial charge is 0.335 e. The maximum atomic E-state index is 13.3. The van der Waals surface area contributed by atoms with Crippen molar-refractivity contribution in [2.75, 3.05) is 4.90 Å². The first kappa shape index (κ1) is 29.7. The summed E-state index contributed by atoms with van der Waals surface area (Å²) in [5.41, 5.74) is 7.80. The maximum absolute atomic E-state index is 13.3. The molecule has 1 fully saturated rings. The normalized spacial score (nSPS) is 20.3. The summed E-state index contributed by atoms with van der Waals surface area (Å²) in [5, 5.41) is 30.4. The van der Waals surface area contributed by atoms with Crippen LogP contribution in [-0.4, -0.2) is 38.9 Å². The Morgan fingerprint density at radius 1 is 0.792 bits per heavy atom. The molecule has 1 heterocycles. The molecule has 7 heteroatoms. The van der Waals surface area contributed by atoms with Gasteiger partial charge in [-0.25, -0.2) is 4.79 Å². The largest absolute Gasteiger partial charge is 0.513 e. The molecule has 0 amide bonds. The number of aliphatic hydroxyl groups is 2. The van der Waals surface area contributed by atoms with Crippen LogP contribution in [0.2, 0.25) is 0 Å². The summed E-state index contributed by atoms with van der Waals surface area (Å²) in [6, 6.07) is 24.9. The number of allylic oxidation sites excluding steroid dienone is 3. The van der Waals surface area contributed by atoms with Crippen molar-refractivity contribution in [1.82, 2.24) is 0 Å². The molecule has 0 spiro atoms. The van der Waals surface area contributed by atoms with E-state index in [1.807, 2.05) is 18.2 Å². The quantitative estimate of drug-likeness (QED) is 0.106. The number of Topliss-reactive ketones (excluding diaryl/α,β-unsaturated/α-hetero) is 2. The summed E-state index contributed by atoms with van der Waals surface area (Å²) in [5.74, 6) is -1.66. The molecule has 3 N–H and O–H groups in total. The minimum absolute atomic E-state index is 0.0312. The van der Waals surface area contributed by atoms with Crippen LogP contribution < -0.4 is 4.90 Å². The minimum Gasteiger partial charge on any atom is -0.513 e. The van der Waals surface area contributed by atoms with Crippen LogP contribution in [0.25, 0.3) is 17.2 Å². The van der Waals surface area contributed by atoms with Gasteiger partial charge >= 0.3 is 5.97 Å². The monoisotopic (exact) mass is 635 g/mol. The molecule has 4 aliphatic rings. The van der Waals surface area contributed by atoms with Crippen molar-refractivity contribution in [1.29, 1.82) is 0 Å². The Morgan fingerprint density at radius 3 is 2.25 bits per heavy atom. The molecule has 0 radical (unpaired) electrons. The fourth-order valence-corrected chi connectivity index (χ4v) is 8.79. The van der Waals surface area contributed by atoms with Crippen molar-refractivity contribution < 1.29 is 29.7 Å². The molecule has 4 aromatic rings. The number of aliphatic hydroxyl groups excluding tert-OH is 2. The predicted octanol–water partition coefficient (Wildman–Crippen LogP) is 8.83. The first-order valence-corrected chi connectivity index (χ1v) is 16.2. The van der Waals surface area contributed by atoms with Gasteiger partial charge in [0.15, 0.2) is 11.6 Å². The van der Waals surface area contributed by atoms with Gasteiger partial charge in [-0.2, -0.15) is 0 Å². The van der Waals surface area contributed by atoms with Crippen LogP contribution in [0.5, 0.6) is 0 Å². The van der Waals surface area contributed by atoms with Crippen molar-refractivity contribution in [2.45, 2.75) is 49.5 Å². The molecule has 2 atom stereocenters. The fourth-order valence-electron chi connectivity index (χ4n) is 8.79. The van der Waals surface area contributed by atoms with E-state index in [0.29, 0.717) is 0 Å². The number of aromatic carboxylic acids is 1. The lowest BCUT2D eigenvalue weighted by Crippen LogP contribution is -2.29. The van der Waals surface area contributed by atoms with E-state index in [9.17, 15) is 29.7 Å². The molecule has 2 unspecified atom stereocenters. The van der Waals surface area contributed by atoms with Crippen LogP contribution in [0.4, 0.5) is 11.4 Å². The Balaban J connectivity index is 1.20. The standard InChI is InChI=1S/C41H33NO6/c1-22(43)20-41(21-23(2)44)34-8-4-3-6-27(34)28-14-12-26(19-35(28)41)42-36-9-5-7-29(36)31-16-24(10-15-37(31)42)17-33-38(45)30-13-11-25(40(47)48)18-32(30)39(33)46/h3-4,6,8,10-19,29,36,43-44H,1-2,5,7,9,20-21H2,(H,47,48). The zero-order chi connectivity index (χ0) is 33.5. The third-order valence-electron chi connectivity index (χ3n) is 10.6. The zero-order valence-corrected chi connectivity index (χ0v) is 26.2. The van der Waals surface area contributed by atoms with Gasteiger partial charge in [0.25, 0.3) is 0 Å². The van der Waals surface area contributed by atoms with Gasteiger partial charge in [0.2, 0.25) is 0 Å². The third-order valence-corrected chi connectivity index (χ3v) is 10.6. The van der Waals surface area contributed by atoms with Gasteiger partial charge in [-0.1, -0.05) is 56.0 Å². The van der Waals surface area contributed by atoms with E-state index < -0.39 is 23.0 Å². The molecule has 0 aromatic heterocycles. The lowest BCUT2D eigenvalue weighted by atomic mass is 9.72. The van der Waals surface area contributed by atoms with Crippen LogP contribution in [0, 0.1) is 0 Å². The number of carbonyl (C=O) groups excluding carboxylic acids is 2. The number of rotatable bonds is 7. The Morgan fingerprint density at radius 2 is 1.50 bits per heavy atom. The Bertz CT molecular complexity index is 2160. The number of anilines is 2. The number of carbonyl (C=O) groups is 3. The molecule has 1 aliphatic heterocycles. The number of hydrogen-bond acceptors (Lipinski definition) is 6. The van der Waals surface area contributed by atoms with Crippen molar-refractivity contribution in [3.8, 4) is 11.1 Å². The van der Waals surface area contributed by atoms with E-state index in [0.717, 1.165) is 64.0 Å². The number of nitrogens with zero attached hydrogens (tertiary/aromatic N) is 1. The highest BCUT2D eigenvalue weighted by Crippen LogP contribution is 2.57. The average molecular weight is 636 g/mol. The van der Waals surface area contributed by atoms with E-state index in [1.165, 1.54) is 18.2 Å². The third kappa shape index (κ3) is 4.30. The molecule has 8 rings (SSSR count). The SMILES string of the molecule is C=C(O)CC1(CC(=C)O)c2ccccc2-c2ccc(N3c4ccc(C=C5C(=O)c6ccc(C(=O)O)cc6C5=O)cc4C4CCCC43)cc21. The Hall–Kier alpha value is -5.69. The van der Waals surface area contributed by atoms with Crippen LogP contribution in [-0.2, 0) is 5.41 Å². The van der Waals surface area contributed by atoms with Gasteiger partial charge in [-0.3, -0.25) is 9.59 Å². The number of benzene rings is 4. The van der Waals surface area contributed by atoms with E-state index >= 15 is 0 Å². The second-order valence-electron chi connectivity index (χ2n) is 13.4.